The molecule has 0 aliphatic heterocycles. The molecule has 0 bridgehead atoms. The van der Waals surface area contributed by atoms with E-state index in [1.54, 1.807) is 6.20 Å². The van der Waals surface area contributed by atoms with Crippen LogP contribution in [-0.4, -0.2) is 4.98 Å². The summed E-state index contributed by atoms with van der Waals surface area (Å²) in [4.78, 5) is 4.45. The summed E-state index contributed by atoms with van der Waals surface area (Å²) in [6, 6.07) is 9.94. The molecular formula is C17H17ClN2O. The van der Waals surface area contributed by atoms with Crippen LogP contribution in [-0.2, 0) is 0 Å². The molecule has 3 rings (SSSR count). The van der Waals surface area contributed by atoms with E-state index in [1.165, 1.54) is 0 Å². The lowest BCUT2D eigenvalue weighted by molar-refractivity contribution is 0.500. The minimum atomic E-state index is 0.133. The lowest BCUT2D eigenvalue weighted by Gasteiger charge is -2.16. The fraction of sp³-hybridized carbons (Fsp3) is 0.235. The molecule has 1 N–H and O–H groups in total. The molecule has 0 aliphatic rings. The van der Waals surface area contributed by atoms with Gasteiger partial charge in [-0.15, -0.1) is 0 Å². The van der Waals surface area contributed by atoms with Crippen molar-refractivity contribution in [3.05, 3.63) is 58.6 Å². The van der Waals surface area contributed by atoms with Crippen molar-refractivity contribution in [3.63, 3.8) is 0 Å². The standard InChI is InChI=1S/C17H17ClN2O/c1-10-9-14(12(3)21-10)11(2)20-16-7-6-15(18)13-5-4-8-19-17(13)16/h4-9,11,20H,1-3H3. The second-order valence-corrected chi connectivity index (χ2v) is 5.64. The van der Waals surface area contributed by atoms with Crippen molar-refractivity contribution in [3.8, 4) is 0 Å². The highest BCUT2D eigenvalue weighted by Gasteiger charge is 2.14. The van der Waals surface area contributed by atoms with Gasteiger partial charge < -0.3 is 9.73 Å². The fourth-order valence-corrected chi connectivity index (χ4v) is 2.86. The van der Waals surface area contributed by atoms with Crippen molar-refractivity contribution in [2.24, 2.45) is 0 Å². The molecular weight excluding hydrogens is 284 g/mol. The molecule has 0 saturated heterocycles. The average molecular weight is 301 g/mol. The number of nitrogens with zero attached hydrogens (tertiary/aromatic N) is 1. The Morgan fingerprint density at radius 1 is 1.24 bits per heavy atom. The third-order valence-corrected chi connectivity index (χ3v) is 3.96. The van der Waals surface area contributed by atoms with Gasteiger partial charge in [0.1, 0.15) is 11.5 Å². The number of fused-ring (bicyclic) bond motifs is 1. The highest BCUT2D eigenvalue weighted by Crippen LogP contribution is 2.31. The van der Waals surface area contributed by atoms with E-state index in [4.69, 9.17) is 16.0 Å². The topological polar surface area (TPSA) is 38.1 Å². The van der Waals surface area contributed by atoms with Crippen LogP contribution in [0.4, 0.5) is 5.69 Å². The quantitative estimate of drug-likeness (QED) is 0.716. The molecule has 0 radical (unpaired) electrons. The summed E-state index contributed by atoms with van der Waals surface area (Å²) in [6.07, 6.45) is 1.78. The monoisotopic (exact) mass is 300 g/mol. The molecule has 4 heteroatoms. The summed E-state index contributed by atoms with van der Waals surface area (Å²) < 4.78 is 5.60. The van der Waals surface area contributed by atoms with Gasteiger partial charge in [0.25, 0.3) is 0 Å². The van der Waals surface area contributed by atoms with E-state index < -0.39 is 0 Å². The van der Waals surface area contributed by atoms with Gasteiger partial charge in [0, 0.05) is 17.1 Å². The Morgan fingerprint density at radius 3 is 2.76 bits per heavy atom. The van der Waals surface area contributed by atoms with Gasteiger partial charge in [-0.25, -0.2) is 0 Å². The largest absolute Gasteiger partial charge is 0.466 e. The maximum atomic E-state index is 6.23. The van der Waals surface area contributed by atoms with E-state index in [-0.39, 0.29) is 6.04 Å². The highest BCUT2D eigenvalue weighted by molar-refractivity contribution is 6.35. The van der Waals surface area contributed by atoms with Crippen LogP contribution in [0.5, 0.6) is 0 Å². The molecule has 1 aromatic carbocycles. The van der Waals surface area contributed by atoms with E-state index >= 15 is 0 Å². The zero-order chi connectivity index (χ0) is 15.0. The number of halogens is 1. The van der Waals surface area contributed by atoms with E-state index in [9.17, 15) is 0 Å². The zero-order valence-electron chi connectivity index (χ0n) is 12.3. The molecule has 3 nitrogen and oxygen atoms in total. The summed E-state index contributed by atoms with van der Waals surface area (Å²) in [5, 5.41) is 5.17. The van der Waals surface area contributed by atoms with Crippen LogP contribution < -0.4 is 5.32 Å². The summed E-state index contributed by atoms with van der Waals surface area (Å²) >= 11 is 6.23. The van der Waals surface area contributed by atoms with E-state index in [2.05, 4.69) is 23.3 Å². The van der Waals surface area contributed by atoms with Gasteiger partial charge in [0.2, 0.25) is 0 Å². The number of pyridine rings is 1. The number of rotatable bonds is 3. The van der Waals surface area contributed by atoms with Crippen LogP contribution in [0, 0.1) is 13.8 Å². The summed E-state index contributed by atoms with van der Waals surface area (Å²) in [7, 11) is 0. The van der Waals surface area contributed by atoms with Crippen molar-refractivity contribution in [2.45, 2.75) is 26.8 Å². The van der Waals surface area contributed by atoms with Gasteiger partial charge in [-0.2, -0.15) is 0 Å². The van der Waals surface area contributed by atoms with Crippen LogP contribution >= 0.6 is 11.6 Å². The molecule has 1 atom stereocenters. The second-order valence-electron chi connectivity index (χ2n) is 5.23. The second kappa shape index (κ2) is 5.41. The molecule has 21 heavy (non-hydrogen) atoms. The van der Waals surface area contributed by atoms with Gasteiger partial charge >= 0.3 is 0 Å². The third-order valence-electron chi connectivity index (χ3n) is 3.63. The van der Waals surface area contributed by atoms with Gasteiger partial charge in [-0.3, -0.25) is 4.98 Å². The number of anilines is 1. The molecule has 0 saturated carbocycles. The number of hydrogen-bond donors (Lipinski definition) is 1. The predicted octanol–water partition coefficient (Wildman–Crippen LogP) is 5.27. The summed E-state index contributed by atoms with van der Waals surface area (Å²) in [5.74, 6) is 1.87. The molecule has 0 fully saturated rings. The molecule has 1 unspecified atom stereocenters. The van der Waals surface area contributed by atoms with Crippen molar-refractivity contribution in [2.75, 3.05) is 5.32 Å². The lowest BCUT2D eigenvalue weighted by atomic mass is 10.1. The maximum Gasteiger partial charge on any atom is 0.106 e. The first-order chi connectivity index (χ1) is 10.1. The predicted molar refractivity (Wildman–Crippen MR) is 87.0 cm³/mol. The number of furan rings is 1. The van der Waals surface area contributed by atoms with E-state index in [0.29, 0.717) is 5.02 Å². The number of benzene rings is 1. The van der Waals surface area contributed by atoms with Gasteiger partial charge in [0.15, 0.2) is 0 Å². The summed E-state index contributed by atoms with van der Waals surface area (Å²) in [5.41, 5.74) is 3.02. The Labute approximate surface area is 128 Å². The highest BCUT2D eigenvalue weighted by atomic mass is 35.5. The van der Waals surface area contributed by atoms with Crippen molar-refractivity contribution >= 4 is 28.2 Å². The maximum absolute atomic E-state index is 6.23. The third kappa shape index (κ3) is 2.61. The molecule has 2 heterocycles. The minimum absolute atomic E-state index is 0.133. The van der Waals surface area contributed by atoms with E-state index in [1.807, 2.05) is 38.1 Å². The lowest BCUT2D eigenvalue weighted by Crippen LogP contribution is -2.07. The molecule has 0 amide bonds. The molecule has 2 aromatic heterocycles. The fourth-order valence-electron chi connectivity index (χ4n) is 2.65. The van der Waals surface area contributed by atoms with Crippen LogP contribution in [0.2, 0.25) is 5.02 Å². The van der Waals surface area contributed by atoms with Gasteiger partial charge in [-0.05, 0) is 51.1 Å². The van der Waals surface area contributed by atoms with Gasteiger partial charge in [-0.1, -0.05) is 11.6 Å². The van der Waals surface area contributed by atoms with Crippen molar-refractivity contribution < 1.29 is 4.42 Å². The molecule has 108 valence electrons. The first-order valence-electron chi connectivity index (χ1n) is 6.93. The number of aryl methyl sites for hydroxylation is 2. The first-order valence-corrected chi connectivity index (χ1v) is 7.31. The SMILES string of the molecule is Cc1cc(C(C)Nc2ccc(Cl)c3cccnc23)c(C)o1. The Hall–Kier alpha value is -2.00. The van der Waals surface area contributed by atoms with Crippen LogP contribution in [0.3, 0.4) is 0 Å². The first kappa shape index (κ1) is 14.0. The van der Waals surface area contributed by atoms with E-state index in [0.717, 1.165) is 33.7 Å². The van der Waals surface area contributed by atoms with Crippen molar-refractivity contribution in [1.29, 1.82) is 0 Å². The smallest absolute Gasteiger partial charge is 0.106 e. The average Bonchev–Trinajstić information content (AvgIpc) is 2.81. The zero-order valence-corrected chi connectivity index (χ0v) is 13.0. The van der Waals surface area contributed by atoms with Crippen molar-refractivity contribution in [1.82, 2.24) is 4.98 Å². The summed E-state index contributed by atoms with van der Waals surface area (Å²) in [6.45, 7) is 6.06. The Bertz CT molecular complexity index is 795. The normalized spacial score (nSPS) is 12.6. The number of aromatic nitrogens is 1. The number of hydrogen-bond acceptors (Lipinski definition) is 3. The van der Waals surface area contributed by atoms with Crippen LogP contribution in [0.15, 0.2) is 40.9 Å². The molecule has 0 spiro atoms. The van der Waals surface area contributed by atoms with Crippen LogP contribution in [0.25, 0.3) is 10.9 Å². The Balaban J connectivity index is 1.99. The Kier molecular flexibility index (Phi) is 3.60. The molecule has 0 aliphatic carbocycles. The molecule has 3 aromatic rings. The Morgan fingerprint density at radius 2 is 2.05 bits per heavy atom. The number of nitrogens with one attached hydrogen (secondary N) is 1. The minimum Gasteiger partial charge on any atom is -0.466 e. The van der Waals surface area contributed by atoms with Crippen LogP contribution in [0.1, 0.15) is 30.0 Å². The van der Waals surface area contributed by atoms with Gasteiger partial charge in [0.05, 0.1) is 22.3 Å².